The number of methoxy groups -OCH3 is 1. The molecule has 0 N–H and O–H groups in total. The van der Waals surface area contributed by atoms with Crippen molar-refractivity contribution in [3.8, 4) is 23.0 Å². The van der Waals surface area contributed by atoms with Gasteiger partial charge in [-0.25, -0.2) is 4.79 Å². The van der Waals surface area contributed by atoms with Gasteiger partial charge in [-0.2, -0.15) is 0 Å². The molecule has 0 atom stereocenters. The number of hydrogen-bond acceptors (Lipinski definition) is 8. The van der Waals surface area contributed by atoms with Crippen LogP contribution < -0.4 is 18.9 Å². The average Bonchev–Trinajstić information content (AvgIpc) is 2.85. The molecule has 0 radical (unpaired) electrons. The van der Waals surface area contributed by atoms with E-state index in [-0.39, 0.29) is 30.6 Å². The van der Waals surface area contributed by atoms with Crippen LogP contribution in [0.5, 0.6) is 23.0 Å². The molecule has 0 heterocycles. The maximum Gasteiger partial charge on any atom is 0.333 e. The van der Waals surface area contributed by atoms with Gasteiger partial charge in [-0.15, -0.1) is 0 Å². The van der Waals surface area contributed by atoms with E-state index in [4.69, 9.17) is 23.7 Å². The first-order valence-corrected chi connectivity index (χ1v) is 10.6. The Labute approximate surface area is 192 Å². The minimum Gasteiger partial charge on any atom is -0.497 e. The van der Waals surface area contributed by atoms with Crippen molar-refractivity contribution in [2.75, 3.05) is 13.9 Å². The van der Waals surface area contributed by atoms with Crippen LogP contribution in [0.2, 0.25) is 0 Å². The van der Waals surface area contributed by atoms with Crippen LogP contribution in [0.4, 0.5) is 0 Å². The van der Waals surface area contributed by atoms with E-state index in [9.17, 15) is 14.4 Å². The molecule has 1 fully saturated rings. The van der Waals surface area contributed by atoms with Gasteiger partial charge < -0.3 is 23.7 Å². The largest absolute Gasteiger partial charge is 0.497 e. The van der Waals surface area contributed by atoms with Crippen LogP contribution >= 0.6 is 0 Å². The summed E-state index contributed by atoms with van der Waals surface area (Å²) in [4.78, 5) is 35.9. The number of carbonyl (C=O) groups is 3. The zero-order valence-electron chi connectivity index (χ0n) is 18.4. The van der Waals surface area contributed by atoms with E-state index in [0.29, 0.717) is 48.7 Å². The Kier molecular flexibility index (Phi) is 8.46. The molecule has 0 bridgehead atoms. The molecule has 0 spiro atoms. The summed E-state index contributed by atoms with van der Waals surface area (Å²) in [6.07, 6.45) is 3.27. The van der Waals surface area contributed by atoms with E-state index in [1.54, 1.807) is 55.6 Å². The van der Waals surface area contributed by atoms with E-state index in [2.05, 4.69) is 6.58 Å². The predicted octanol–water partition coefficient (Wildman–Crippen LogP) is 4.08. The fourth-order valence-electron chi connectivity index (χ4n) is 3.43. The molecule has 2 aromatic carbocycles. The zero-order valence-corrected chi connectivity index (χ0v) is 18.4. The van der Waals surface area contributed by atoms with Crippen molar-refractivity contribution in [1.82, 2.24) is 0 Å². The molecule has 1 aliphatic carbocycles. The van der Waals surface area contributed by atoms with Gasteiger partial charge in [-0.05, 0) is 74.2 Å². The number of carbonyl (C=O) groups excluding carboxylic acids is 3. The number of ether oxygens (including phenoxy) is 5. The fourth-order valence-corrected chi connectivity index (χ4v) is 3.43. The maximum absolute atomic E-state index is 12.5. The average molecular weight is 454 g/mol. The molecule has 2 aromatic rings. The van der Waals surface area contributed by atoms with Gasteiger partial charge in [0.2, 0.25) is 6.79 Å². The van der Waals surface area contributed by atoms with Gasteiger partial charge in [0, 0.05) is 6.08 Å². The summed E-state index contributed by atoms with van der Waals surface area (Å²) >= 11 is 0. The van der Waals surface area contributed by atoms with Crippen molar-refractivity contribution in [3.63, 3.8) is 0 Å². The first kappa shape index (κ1) is 23.8. The minimum atomic E-state index is -0.579. The van der Waals surface area contributed by atoms with Gasteiger partial charge in [-0.1, -0.05) is 6.58 Å². The lowest BCUT2D eigenvalue weighted by molar-refractivity contribution is -0.145. The van der Waals surface area contributed by atoms with Crippen LogP contribution in [0, 0.1) is 11.8 Å². The number of benzene rings is 2. The number of rotatable bonds is 9. The summed E-state index contributed by atoms with van der Waals surface area (Å²) < 4.78 is 26.0. The van der Waals surface area contributed by atoms with Gasteiger partial charge in [-0.3, -0.25) is 9.59 Å². The second kappa shape index (κ2) is 11.7. The molecule has 3 rings (SSSR count). The standard InChI is InChI=1S/C25H26O8/c1-3-23(26)31-16-30-20-10-14-22(15-11-20)33-25(28)18-6-4-17(5-7-18)24(27)32-21-12-8-19(29-2)9-13-21/h3,8-15,17-18H,1,4-7,16H2,2H3/t17-,18-. The first-order chi connectivity index (χ1) is 16.0. The minimum absolute atomic E-state index is 0.242. The van der Waals surface area contributed by atoms with Crippen molar-refractivity contribution < 1.29 is 38.1 Å². The van der Waals surface area contributed by atoms with E-state index >= 15 is 0 Å². The van der Waals surface area contributed by atoms with Crippen molar-refractivity contribution in [1.29, 1.82) is 0 Å². The molecule has 0 unspecified atom stereocenters. The summed E-state index contributed by atoms with van der Waals surface area (Å²) in [5, 5.41) is 0. The van der Waals surface area contributed by atoms with Crippen LogP contribution in [0.3, 0.4) is 0 Å². The highest BCUT2D eigenvalue weighted by Gasteiger charge is 2.32. The Morgan fingerprint density at radius 3 is 1.64 bits per heavy atom. The molecule has 1 saturated carbocycles. The Morgan fingerprint density at radius 2 is 1.21 bits per heavy atom. The molecule has 33 heavy (non-hydrogen) atoms. The highest BCUT2D eigenvalue weighted by Crippen LogP contribution is 2.31. The van der Waals surface area contributed by atoms with E-state index < -0.39 is 5.97 Å². The third-order valence-electron chi connectivity index (χ3n) is 5.31. The Hall–Kier alpha value is -3.81. The number of hydrogen-bond donors (Lipinski definition) is 0. The van der Waals surface area contributed by atoms with Gasteiger partial charge in [0.15, 0.2) is 0 Å². The molecule has 174 valence electrons. The van der Waals surface area contributed by atoms with Gasteiger partial charge >= 0.3 is 17.9 Å². The third kappa shape index (κ3) is 7.10. The second-order valence-electron chi connectivity index (χ2n) is 7.47. The lowest BCUT2D eigenvalue weighted by atomic mass is 9.82. The van der Waals surface area contributed by atoms with Crippen molar-refractivity contribution >= 4 is 17.9 Å². The molecule has 0 amide bonds. The quantitative estimate of drug-likeness (QED) is 0.242. The molecule has 8 heteroatoms. The summed E-state index contributed by atoms with van der Waals surface area (Å²) in [5.41, 5.74) is 0. The Morgan fingerprint density at radius 1 is 0.788 bits per heavy atom. The molecule has 0 aliphatic heterocycles. The molecule has 1 aliphatic rings. The molecule has 0 saturated heterocycles. The van der Waals surface area contributed by atoms with Crippen molar-refractivity contribution in [2.45, 2.75) is 25.7 Å². The van der Waals surface area contributed by atoms with Gasteiger partial charge in [0.05, 0.1) is 18.9 Å². The fraction of sp³-hybridized carbons (Fsp3) is 0.320. The lowest BCUT2D eigenvalue weighted by Crippen LogP contribution is -2.30. The normalized spacial score (nSPS) is 17.4. The topological polar surface area (TPSA) is 97.4 Å². The zero-order chi connectivity index (χ0) is 23.6. The summed E-state index contributed by atoms with van der Waals surface area (Å²) in [6, 6.07) is 13.2. The predicted molar refractivity (Wildman–Crippen MR) is 118 cm³/mol. The Balaban J connectivity index is 1.41. The van der Waals surface area contributed by atoms with Crippen molar-refractivity contribution in [3.05, 3.63) is 61.2 Å². The van der Waals surface area contributed by atoms with Crippen LogP contribution in [0.1, 0.15) is 25.7 Å². The highest BCUT2D eigenvalue weighted by molar-refractivity contribution is 5.81. The van der Waals surface area contributed by atoms with Crippen LogP contribution in [-0.4, -0.2) is 31.8 Å². The smallest absolute Gasteiger partial charge is 0.333 e. The summed E-state index contributed by atoms with van der Waals surface area (Å²) in [7, 11) is 1.57. The molecule has 0 aromatic heterocycles. The number of esters is 3. The SMILES string of the molecule is C=CC(=O)OCOc1ccc(OC(=O)[C@H]2CC[C@H](C(=O)Oc3ccc(OC)cc3)CC2)cc1. The summed E-state index contributed by atoms with van der Waals surface area (Å²) in [6.45, 7) is 3.05. The molecular formula is C25H26O8. The van der Waals surface area contributed by atoms with Crippen LogP contribution in [-0.2, 0) is 19.1 Å². The van der Waals surface area contributed by atoms with Gasteiger partial charge in [0.1, 0.15) is 23.0 Å². The van der Waals surface area contributed by atoms with E-state index in [1.807, 2.05) is 0 Å². The van der Waals surface area contributed by atoms with Crippen LogP contribution in [0.15, 0.2) is 61.2 Å². The molecule has 8 nitrogen and oxygen atoms in total. The maximum atomic E-state index is 12.5. The highest BCUT2D eigenvalue weighted by atomic mass is 16.7. The van der Waals surface area contributed by atoms with Gasteiger partial charge in [0.25, 0.3) is 0 Å². The third-order valence-corrected chi connectivity index (χ3v) is 5.31. The van der Waals surface area contributed by atoms with Crippen molar-refractivity contribution in [2.24, 2.45) is 11.8 Å². The monoisotopic (exact) mass is 454 g/mol. The lowest BCUT2D eigenvalue weighted by Gasteiger charge is -2.25. The van der Waals surface area contributed by atoms with Crippen LogP contribution in [0.25, 0.3) is 0 Å². The summed E-state index contributed by atoms with van der Waals surface area (Å²) in [5.74, 6) is 0.279. The molecular weight excluding hydrogens is 428 g/mol. The first-order valence-electron chi connectivity index (χ1n) is 10.6. The van der Waals surface area contributed by atoms with E-state index in [1.165, 1.54) is 0 Å². The second-order valence-corrected chi connectivity index (χ2v) is 7.47. The Bertz CT molecular complexity index is 957. The van der Waals surface area contributed by atoms with E-state index in [0.717, 1.165) is 6.08 Å².